The standard InChI is InChI=1S/C20H25Cl2N3O2S/c1-13-18(26)25(20(28-13)15-4-5-16(21)17(22)12-15)11-8-23-6-9-24(10-7-23)19(27)14-2-3-14/h4-5,12-14,20H,2-3,6-11H2,1H3. The number of hydrogen-bond acceptors (Lipinski definition) is 4. The molecule has 1 aliphatic carbocycles. The molecule has 8 heteroatoms. The Kier molecular flexibility index (Phi) is 6.12. The highest BCUT2D eigenvalue weighted by Gasteiger charge is 2.39. The monoisotopic (exact) mass is 441 g/mol. The molecule has 4 rings (SSSR count). The molecule has 3 fully saturated rings. The van der Waals surface area contributed by atoms with Crippen LogP contribution in [-0.2, 0) is 9.59 Å². The van der Waals surface area contributed by atoms with Crippen LogP contribution in [0.5, 0.6) is 0 Å². The number of thioether (sulfide) groups is 1. The van der Waals surface area contributed by atoms with E-state index < -0.39 is 0 Å². The zero-order chi connectivity index (χ0) is 19.8. The maximum atomic E-state index is 12.7. The lowest BCUT2D eigenvalue weighted by Crippen LogP contribution is -2.51. The summed E-state index contributed by atoms with van der Waals surface area (Å²) >= 11 is 13.9. The number of piperazine rings is 1. The molecule has 0 spiro atoms. The van der Waals surface area contributed by atoms with Crippen molar-refractivity contribution in [3.05, 3.63) is 33.8 Å². The van der Waals surface area contributed by atoms with Gasteiger partial charge in [0, 0.05) is 45.2 Å². The van der Waals surface area contributed by atoms with Crippen molar-refractivity contribution in [3.8, 4) is 0 Å². The number of benzene rings is 1. The number of amides is 2. The van der Waals surface area contributed by atoms with E-state index in [1.807, 2.05) is 28.9 Å². The van der Waals surface area contributed by atoms with Gasteiger partial charge in [0.1, 0.15) is 5.37 Å². The molecule has 3 aliphatic rings. The molecular weight excluding hydrogens is 417 g/mol. The summed E-state index contributed by atoms with van der Waals surface area (Å²) in [6, 6.07) is 5.61. The molecule has 0 aromatic heterocycles. The van der Waals surface area contributed by atoms with Crippen LogP contribution in [0.3, 0.4) is 0 Å². The Morgan fingerprint density at radius 1 is 1.11 bits per heavy atom. The van der Waals surface area contributed by atoms with Crippen LogP contribution in [0.15, 0.2) is 18.2 Å². The van der Waals surface area contributed by atoms with Crippen LogP contribution in [0.4, 0.5) is 0 Å². The van der Waals surface area contributed by atoms with Crippen LogP contribution < -0.4 is 0 Å². The zero-order valence-electron chi connectivity index (χ0n) is 15.9. The molecule has 2 saturated heterocycles. The summed E-state index contributed by atoms with van der Waals surface area (Å²) in [6.45, 7) is 6.80. The molecule has 0 bridgehead atoms. The summed E-state index contributed by atoms with van der Waals surface area (Å²) in [5, 5.41) is 0.948. The normalized spacial score (nSPS) is 26.2. The van der Waals surface area contributed by atoms with Gasteiger partial charge in [-0.3, -0.25) is 14.5 Å². The van der Waals surface area contributed by atoms with E-state index in [1.54, 1.807) is 17.8 Å². The maximum Gasteiger partial charge on any atom is 0.236 e. The van der Waals surface area contributed by atoms with Gasteiger partial charge < -0.3 is 9.80 Å². The van der Waals surface area contributed by atoms with Crippen LogP contribution >= 0.6 is 35.0 Å². The molecule has 0 radical (unpaired) electrons. The van der Waals surface area contributed by atoms with Crippen molar-refractivity contribution in [1.29, 1.82) is 0 Å². The molecule has 2 aliphatic heterocycles. The Bertz CT molecular complexity index is 766. The summed E-state index contributed by atoms with van der Waals surface area (Å²) in [4.78, 5) is 31.2. The highest BCUT2D eigenvalue weighted by atomic mass is 35.5. The third kappa shape index (κ3) is 4.30. The van der Waals surface area contributed by atoms with E-state index in [2.05, 4.69) is 4.90 Å². The van der Waals surface area contributed by atoms with Gasteiger partial charge in [-0.2, -0.15) is 0 Å². The molecule has 2 unspecified atom stereocenters. The molecule has 28 heavy (non-hydrogen) atoms. The van der Waals surface area contributed by atoms with Crippen LogP contribution in [0.1, 0.15) is 30.7 Å². The van der Waals surface area contributed by atoms with E-state index in [0.29, 0.717) is 28.4 Å². The fourth-order valence-electron chi connectivity index (χ4n) is 3.86. The molecule has 1 aromatic carbocycles. The fourth-order valence-corrected chi connectivity index (χ4v) is 5.46. The largest absolute Gasteiger partial charge is 0.340 e. The first-order chi connectivity index (χ1) is 13.4. The van der Waals surface area contributed by atoms with Crippen LogP contribution in [0.2, 0.25) is 10.0 Å². The van der Waals surface area contributed by atoms with Crippen LogP contribution in [-0.4, -0.2) is 71.0 Å². The van der Waals surface area contributed by atoms with Gasteiger partial charge in [0.2, 0.25) is 11.8 Å². The number of nitrogens with zero attached hydrogens (tertiary/aromatic N) is 3. The van der Waals surface area contributed by atoms with Crippen molar-refractivity contribution in [2.75, 3.05) is 39.3 Å². The number of carbonyl (C=O) groups is 2. The fraction of sp³-hybridized carbons (Fsp3) is 0.600. The average molecular weight is 442 g/mol. The van der Waals surface area contributed by atoms with Gasteiger partial charge in [0.05, 0.1) is 15.3 Å². The predicted molar refractivity (Wildman–Crippen MR) is 114 cm³/mol. The summed E-state index contributed by atoms with van der Waals surface area (Å²) in [5.74, 6) is 0.794. The predicted octanol–water partition coefficient (Wildman–Crippen LogP) is 3.51. The van der Waals surface area contributed by atoms with Crippen molar-refractivity contribution in [3.63, 3.8) is 0 Å². The van der Waals surface area contributed by atoms with E-state index in [1.165, 1.54) is 0 Å². The van der Waals surface area contributed by atoms with Crippen LogP contribution in [0.25, 0.3) is 0 Å². The van der Waals surface area contributed by atoms with E-state index in [4.69, 9.17) is 23.2 Å². The Labute approximate surface area is 180 Å². The topological polar surface area (TPSA) is 43.9 Å². The summed E-state index contributed by atoms with van der Waals surface area (Å²) in [5.41, 5.74) is 1.01. The smallest absolute Gasteiger partial charge is 0.236 e. The van der Waals surface area contributed by atoms with Crippen molar-refractivity contribution < 1.29 is 9.59 Å². The molecule has 152 valence electrons. The molecule has 2 heterocycles. The summed E-state index contributed by atoms with van der Waals surface area (Å²) in [7, 11) is 0. The van der Waals surface area contributed by atoms with E-state index in [9.17, 15) is 9.59 Å². The van der Waals surface area contributed by atoms with Gasteiger partial charge >= 0.3 is 0 Å². The molecule has 2 amide bonds. The lowest BCUT2D eigenvalue weighted by molar-refractivity contribution is -0.134. The van der Waals surface area contributed by atoms with Gasteiger partial charge in [-0.1, -0.05) is 29.3 Å². The molecule has 5 nitrogen and oxygen atoms in total. The maximum absolute atomic E-state index is 12.7. The van der Waals surface area contributed by atoms with Gasteiger partial charge in [0.15, 0.2) is 0 Å². The molecular formula is C20H25Cl2N3O2S. The van der Waals surface area contributed by atoms with Crippen LogP contribution in [0, 0.1) is 5.92 Å². The first kappa shape index (κ1) is 20.3. The second kappa shape index (κ2) is 8.42. The van der Waals surface area contributed by atoms with Crippen molar-refractivity contribution in [2.45, 2.75) is 30.4 Å². The number of halogens is 2. The Hall–Kier alpha value is -0.950. The molecule has 1 aromatic rings. The summed E-state index contributed by atoms with van der Waals surface area (Å²) in [6.07, 6.45) is 2.12. The zero-order valence-corrected chi connectivity index (χ0v) is 18.3. The van der Waals surface area contributed by atoms with Crippen molar-refractivity contribution >= 4 is 46.8 Å². The molecule has 1 saturated carbocycles. The SMILES string of the molecule is CC1SC(c2ccc(Cl)c(Cl)c2)N(CCN2CCN(C(=O)C3CC3)CC2)C1=O. The second-order valence-electron chi connectivity index (χ2n) is 7.78. The Morgan fingerprint density at radius 3 is 2.46 bits per heavy atom. The van der Waals surface area contributed by atoms with E-state index in [-0.39, 0.29) is 16.5 Å². The average Bonchev–Trinajstić information content (AvgIpc) is 3.50. The summed E-state index contributed by atoms with van der Waals surface area (Å²) < 4.78 is 0. The number of carbonyl (C=O) groups excluding carboxylic acids is 2. The molecule has 2 atom stereocenters. The van der Waals surface area contributed by atoms with Crippen molar-refractivity contribution in [2.24, 2.45) is 5.92 Å². The quantitative estimate of drug-likeness (QED) is 0.700. The minimum atomic E-state index is -0.0625. The third-order valence-electron chi connectivity index (χ3n) is 5.74. The number of hydrogen-bond donors (Lipinski definition) is 0. The lowest BCUT2D eigenvalue weighted by atomic mass is 10.2. The molecule has 0 N–H and O–H groups in total. The van der Waals surface area contributed by atoms with E-state index >= 15 is 0 Å². The van der Waals surface area contributed by atoms with Gasteiger partial charge in [-0.15, -0.1) is 11.8 Å². The van der Waals surface area contributed by atoms with Gasteiger partial charge in [-0.05, 0) is 37.5 Å². The number of rotatable bonds is 5. The minimum Gasteiger partial charge on any atom is -0.340 e. The minimum absolute atomic E-state index is 0.0324. The highest BCUT2D eigenvalue weighted by molar-refractivity contribution is 8.01. The second-order valence-corrected chi connectivity index (χ2v) is 10.0. The highest BCUT2D eigenvalue weighted by Crippen LogP contribution is 2.43. The lowest BCUT2D eigenvalue weighted by Gasteiger charge is -2.36. The van der Waals surface area contributed by atoms with Gasteiger partial charge in [0.25, 0.3) is 0 Å². The first-order valence-electron chi connectivity index (χ1n) is 9.86. The third-order valence-corrected chi connectivity index (χ3v) is 7.88. The first-order valence-corrected chi connectivity index (χ1v) is 11.6. The Morgan fingerprint density at radius 2 is 1.82 bits per heavy atom. The van der Waals surface area contributed by atoms with E-state index in [0.717, 1.165) is 51.1 Å². The van der Waals surface area contributed by atoms with Gasteiger partial charge in [-0.25, -0.2) is 0 Å². The Balaban J connectivity index is 1.35. The van der Waals surface area contributed by atoms with Crippen molar-refractivity contribution in [1.82, 2.24) is 14.7 Å².